The third-order valence-electron chi connectivity index (χ3n) is 4.31. The largest absolute Gasteiger partial charge is 0.481 e. The van der Waals surface area contributed by atoms with Crippen LogP contribution in [0.25, 0.3) is 0 Å². The van der Waals surface area contributed by atoms with E-state index in [2.05, 4.69) is 24.3 Å². The first-order chi connectivity index (χ1) is 11.1. The molecule has 5 heteroatoms. The minimum Gasteiger partial charge on any atom is -0.481 e. The molecule has 1 N–H and O–H groups in total. The van der Waals surface area contributed by atoms with Gasteiger partial charge in [-0.05, 0) is 44.1 Å². The Bertz CT molecular complexity index is 505. The number of carboxylic acid groups (broad SMARTS) is 1. The van der Waals surface area contributed by atoms with Crippen molar-refractivity contribution in [3.63, 3.8) is 0 Å². The van der Waals surface area contributed by atoms with Gasteiger partial charge >= 0.3 is 11.9 Å². The molecule has 126 valence electrons. The molecule has 0 aliphatic heterocycles. The van der Waals surface area contributed by atoms with Crippen molar-refractivity contribution in [2.75, 3.05) is 13.2 Å². The fourth-order valence-corrected chi connectivity index (χ4v) is 3.00. The molecule has 23 heavy (non-hydrogen) atoms. The highest BCUT2D eigenvalue weighted by atomic mass is 16.5. The summed E-state index contributed by atoms with van der Waals surface area (Å²) in [6, 6.07) is 10.4. The number of carbonyl (C=O) groups excluding carboxylic acids is 1. The van der Waals surface area contributed by atoms with E-state index in [1.807, 2.05) is 6.07 Å². The molecule has 1 unspecified atom stereocenters. The standard InChI is InChI=1S/C18H24O5/c1-2-22-18(21)16(17(19)20)12-23-15-10-8-14(9-11-15)13-6-4-3-5-7-13/h3-7,14-16H,2,8-12H2,1H3,(H,19,20). The lowest BCUT2D eigenvalue weighted by atomic mass is 9.83. The molecule has 0 radical (unpaired) electrons. The second-order valence-electron chi connectivity index (χ2n) is 5.86. The van der Waals surface area contributed by atoms with E-state index >= 15 is 0 Å². The number of benzene rings is 1. The van der Waals surface area contributed by atoms with Gasteiger partial charge in [0.05, 0.1) is 19.3 Å². The van der Waals surface area contributed by atoms with E-state index in [-0.39, 0.29) is 19.3 Å². The number of carbonyl (C=O) groups is 2. The van der Waals surface area contributed by atoms with E-state index in [9.17, 15) is 9.59 Å². The zero-order valence-electron chi connectivity index (χ0n) is 13.4. The van der Waals surface area contributed by atoms with Crippen LogP contribution in [0.3, 0.4) is 0 Å². The lowest BCUT2D eigenvalue weighted by Gasteiger charge is -2.29. The van der Waals surface area contributed by atoms with Crippen LogP contribution in [0.5, 0.6) is 0 Å². The van der Waals surface area contributed by atoms with Crippen molar-refractivity contribution in [1.82, 2.24) is 0 Å². The molecule has 0 saturated heterocycles. The summed E-state index contributed by atoms with van der Waals surface area (Å²) in [5, 5.41) is 9.11. The van der Waals surface area contributed by atoms with Crippen molar-refractivity contribution in [1.29, 1.82) is 0 Å². The third kappa shape index (κ3) is 5.06. The van der Waals surface area contributed by atoms with Gasteiger partial charge < -0.3 is 14.6 Å². The molecule has 0 aromatic heterocycles. The van der Waals surface area contributed by atoms with Gasteiger partial charge in [0.25, 0.3) is 0 Å². The van der Waals surface area contributed by atoms with E-state index < -0.39 is 17.9 Å². The predicted octanol–water partition coefficient (Wildman–Crippen LogP) is 2.99. The number of esters is 1. The maximum atomic E-state index is 11.6. The predicted molar refractivity (Wildman–Crippen MR) is 85.1 cm³/mol. The molecule has 1 aliphatic carbocycles. The summed E-state index contributed by atoms with van der Waals surface area (Å²) in [6.07, 6.45) is 3.83. The highest BCUT2D eigenvalue weighted by Gasteiger charge is 2.30. The van der Waals surface area contributed by atoms with Gasteiger partial charge in [-0.2, -0.15) is 0 Å². The fourth-order valence-electron chi connectivity index (χ4n) is 3.00. The van der Waals surface area contributed by atoms with Gasteiger partial charge in [-0.1, -0.05) is 30.3 Å². The second-order valence-corrected chi connectivity index (χ2v) is 5.86. The molecule has 1 aromatic carbocycles. The van der Waals surface area contributed by atoms with Crippen LogP contribution in [0.15, 0.2) is 30.3 Å². The first kappa shape index (κ1) is 17.5. The van der Waals surface area contributed by atoms with Gasteiger partial charge in [-0.15, -0.1) is 0 Å². The quantitative estimate of drug-likeness (QED) is 0.617. The Kier molecular flexibility index (Phi) is 6.59. The average Bonchev–Trinajstić information content (AvgIpc) is 2.56. The van der Waals surface area contributed by atoms with Crippen molar-refractivity contribution >= 4 is 11.9 Å². The highest BCUT2D eigenvalue weighted by molar-refractivity contribution is 5.94. The van der Waals surface area contributed by atoms with Crippen molar-refractivity contribution in [2.24, 2.45) is 5.92 Å². The number of ether oxygens (including phenoxy) is 2. The van der Waals surface area contributed by atoms with Crippen molar-refractivity contribution in [3.05, 3.63) is 35.9 Å². The Hall–Kier alpha value is -1.88. The summed E-state index contributed by atoms with van der Waals surface area (Å²) >= 11 is 0. The molecule has 1 atom stereocenters. The Balaban J connectivity index is 1.79. The van der Waals surface area contributed by atoms with E-state index in [1.165, 1.54) is 5.56 Å². The minimum atomic E-state index is -1.23. The van der Waals surface area contributed by atoms with E-state index in [0.29, 0.717) is 5.92 Å². The van der Waals surface area contributed by atoms with E-state index in [0.717, 1.165) is 25.7 Å². The van der Waals surface area contributed by atoms with Gasteiger partial charge in [0, 0.05) is 0 Å². The smallest absolute Gasteiger partial charge is 0.322 e. The van der Waals surface area contributed by atoms with Gasteiger partial charge in [-0.25, -0.2) is 0 Å². The second kappa shape index (κ2) is 8.67. The molecule has 5 nitrogen and oxygen atoms in total. The molecule has 0 heterocycles. The molecular formula is C18H24O5. The third-order valence-corrected chi connectivity index (χ3v) is 4.31. The lowest BCUT2D eigenvalue weighted by molar-refractivity contribution is -0.162. The van der Waals surface area contributed by atoms with Crippen molar-refractivity contribution < 1.29 is 24.2 Å². The zero-order valence-corrected chi connectivity index (χ0v) is 13.4. The van der Waals surface area contributed by atoms with Crippen molar-refractivity contribution in [3.8, 4) is 0 Å². The van der Waals surface area contributed by atoms with Crippen LogP contribution in [-0.4, -0.2) is 36.4 Å². The first-order valence-corrected chi connectivity index (χ1v) is 8.17. The van der Waals surface area contributed by atoms with E-state index in [1.54, 1.807) is 6.92 Å². The van der Waals surface area contributed by atoms with Gasteiger partial charge in [0.2, 0.25) is 0 Å². The van der Waals surface area contributed by atoms with Gasteiger partial charge in [-0.3, -0.25) is 9.59 Å². The summed E-state index contributed by atoms with van der Waals surface area (Å²) in [5.41, 5.74) is 1.35. The van der Waals surface area contributed by atoms with Crippen LogP contribution < -0.4 is 0 Å². The lowest BCUT2D eigenvalue weighted by Crippen LogP contribution is -2.33. The van der Waals surface area contributed by atoms with Crippen LogP contribution in [0.1, 0.15) is 44.1 Å². The monoisotopic (exact) mass is 320 g/mol. The molecule has 0 bridgehead atoms. The average molecular weight is 320 g/mol. The first-order valence-electron chi connectivity index (χ1n) is 8.17. The molecule has 0 amide bonds. The molecular weight excluding hydrogens is 296 g/mol. The number of rotatable bonds is 7. The number of aliphatic carboxylic acids is 1. The van der Waals surface area contributed by atoms with Crippen molar-refractivity contribution in [2.45, 2.75) is 44.6 Å². The topological polar surface area (TPSA) is 72.8 Å². The van der Waals surface area contributed by atoms with Crippen LogP contribution >= 0.6 is 0 Å². The Labute approximate surface area is 136 Å². The number of carboxylic acids is 1. The summed E-state index contributed by atoms with van der Waals surface area (Å²) in [5.74, 6) is -2.61. The number of hydrogen-bond donors (Lipinski definition) is 1. The zero-order chi connectivity index (χ0) is 16.7. The minimum absolute atomic E-state index is 0.0197. The summed E-state index contributed by atoms with van der Waals surface area (Å²) < 4.78 is 10.5. The molecule has 1 fully saturated rings. The van der Waals surface area contributed by atoms with Crippen LogP contribution in [-0.2, 0) is 19.1 Å². The molecule has 2 rings (SSSR count). The molecule has 0 spiro atoms. The Morgan fingerprint density at radius 1 is 1.17 bits per heavy atom. The van der Waals surface area contributed by atoms with Crippen LogP contribution in [0, 0.1) is 5.92 Å². The van der Waals surface area contributed by atoms with E-state index in [4.69, 9.17) is 14.6 Å². The maximum absolute atomic E-state index is 11.6. The van der Waals surface area contributed by atoms with Gasteiger partial charge in [0.15, 0.2) is 5.92 Å². The summed E-state index contributed by atoms with van der Waals surface area (Å²) in [4.78, 5) is 22.8. The SMILES string of the molecule is CCOC(=O)C(COC1CCC(c2ccccc2)CC1)C(=O)O. The Morgan fingerprint density at radius 2 is 1.83 bits per heavy atom. The number of hydrogen-bond acceptors (Lipinski definition) is 4. The highest BCUT2D eigenvalue weighted by Crippen LogP contribution is 2.34. The normalized spacial score (nSPS) is 22.3. The fraction of sp³-hybridized carbons (Fsp3) is 0.556. The van der Waals surface area contributed by atoms with Gasteiger partial charge in [0.1, 0.15) is 0 Å². The molecule has 1 aliphatic rings. The van der Waals surface area contributed by atoms with Crippen LogP contribution in [0.2, 0.25) is 0 Å². The van der Waals surface area contributed by atoms with Crippen LogP contribution in [0.4, 0.5) is 0 Å². The molecule has 1 aromatic rings. The summed E-state index contributed by atoms with van der Waals surface area (Å²) in [7, 11) is 0. The maximum Gasteiger partial charge on any atom is 0.322 e. The molecule has 1 saturated carbocycles. The summed E-state index contributed by atoms with van der Waals surface area (Å²) in [6.45, 7) is 1.71. The Morgan fingerprint density at radius 3 is 2.39 bits per heavy atom.